The zero-order valence-electron chi connectivity index (χ0n) is 14.9. The molecule has 1 aromatic heterocycles. The first kappa shape index (κ1) is 20.1. The lowest BCUT2D eigenvalue weighted by Gasteiger charge is -2.19. The van der Waals surface area contributed by atoms with Gasteiger partial charge in [-0.1, -0.05) is 0 Å². The number of nitrogens with zero attached hydrogens (tertiary/aromatic N) is 1. The molecule has 0 aliphatic heterocycles. The van der Waals surface area contributed by atoms with Gasteiger partial charge in [0.1, 0.15) is 16.4 Å². The Morgan fingerprint density at radius 1 is 1.29 bits per heavy atom. The number of aryl methyl sites for hydroxylation is 1. The van der Waals surface area contributed by atoms with Gasteiger partial charge >= 0.3 is 12.1 Å². The number of hydrogen-bond donors (Lipinski definition) is 1. The van der Waals surface area contributed by atoms with Gasteiger partial charge in [-0.05, 0) is 33.8 Å². The first-order chi connectivity index (χ1) is 11.2. The number of aromatic nitrogens is 1. The van der Waals surface area contributed by atoms with Crippen molar-refractivity contribution in [3.05, 3.63) is 17.3 Å². The molecule has 1 rings (SSSR count). The number of pyridine rings is 1. The van der Waals surface area contributed by atoms with E-state index in [1.165, 1.54) is 26.0 Å². The summed E-state index contributed by atoms with van der Waals surface area (Å²) in [6.45, 7) is 7.58. The summed E-state index contributed by atoms with van der Waals surface area (Å²) in [7, 11) is 2.83. The summed E-state index contributed by atoms with van der Waals surface area (Å²) < 4.78 is 15.1. The highest BCUT2D eigenvalue weighted by Gasteiger charge is 2.18. The molecule has 0 aliphatic rings. The van der Waals surface area contributed by atoms with Crippen LogP contribution < -0.4 is 10.1 Å². The molecule has 1 N–H and O–H groups in total. The minimum Gasteiger partial charge on any atom is -0.495 e. The number of rotatable bonds is 6. The Bertz CT molecular complexity index is 599. The van der Waals surface area contributed by atoms with Crippen LogP contribution in [0.15, 0.2) is 11.1 Å². The highest BCUT2D eigenvalue weighted by molar-refractivity contribution is 7.99. The van der Waals surface area contributed by atoms with E-state index in [4.69, 9.17) is 14.2 Å². The maximum atomic E-state index is 11.9. The van der Waals surface area contributed by atoms with Crippen LogP contribution in [-0.4, -0.2) is 49.2 Å². The Balaban J connectivity index is 2.69. The molecule has 0 spiro atoms. The van der Waals surface area contributed by atoms with Gasteiger partial charge in [-0.3, -0.25) is 0 Å². The van der Waals surface area contributed by atoms with E-state index in [1.54, 1.807) is 33.8 Å². The number of ether oxygens (including phenoxy) is 3. The topological polar surface area (TPSA) is 86.8 Å². The molecule has 24 heavy (non-hydrogen) atoms. The van der Waals surface area contributed by atoms with Gasteiger partial charge in [0.05, 0.1) is 25.5 Å². The third-order valence-corrected chi connectivity index (χ3v) is 3.76. The maximum Gasteiger partial charge on any atom is 0.407 e. The molecule has 7 nitrogen and oxygen atoms in total. The third-order valence-electron chi connectivity index (χ3n) is 2.77. The second kappa shape index (κ2) is 8.77. The van der Waals surface area contributed by atoms with Crippen LogP contribution >= 0.6 is 11.8 Å². The Labute approximate surface area is 146 Å². The Hall–Kier alpha value is -1.96. The number of methoxy groups -OCH3 is 2. The number of alkyl carbamates (subject to hydrolysis) is 1. The highest BCUT2D eigenvalue weighted by Crippen LogP contribution is 2.27. The molecular formula is C16H24N2O5S. The summed E-state index contributed by atoms with van der Waals surface area (Å²) in [5, 5.41) is 3.19. The van der Waals surface area contributed by atoms with E-state index < -0.39 is 17.7 Å². The number of carbonyl (C=O) groups excluding carboxylic acids is 2. The fourth-order valence-corrected chi connectivity index (χ4v) is 2.65. The van der Waals surface area contributed by atoms with Gasteiger partial charge in [0, 0.05) is 12.3 Å². The Morgan fingerprint density at radius 3 is 2.50 bits per heavy atom. The van der Waals surface area contributed by atoms with Crippen molar-refractivity contribution >= 4 is 23.8 Å². The van der Waals surface area contributed by atoms with Crippen LogP contribution in [0.5, 0.6) is 5.75 Å². The molecule has 0 bridgehead atoms. The van der Waals surface area contributed by atoms with E-state index >= 15 is 0 Å². The van der Waals surface area contributed by atoms with E-state index in [9.17, 15) is 9.59 Å². The van der Waals surface area contributed by atoms with Crippen LogP contribution in [0, 0.1) is 6.92 Å². The number of amides is 1. The smallest absolute Gasteiger partial charge is 0.407 e. The average molecular weight is 356 g/mol. The number of nitrogens with one attached hydrogen (secondary N) is 1. The third kappa shape index (κ3) is 6.27. The molecular weight excluding hydrogens is 332 g/mol. The molecule has 0 unspecified atom stereocenters. The minimum absolute atomic E-state index is 0.335. The molecule has 0 atom stereocenters. The van der Waals surface area contributed by atoms with E-state index in [0.29, 0.717) is 34.3 Å². The summed E-state index contributed by atoms with van der Waals surface area (Å²) in [5.41, 5.74) is 0.471. The predicted octanol–water partition coefficient (Wildman–Crippen LogP) is 2.80. The molecule has 1 amide bonds. The molecule has 0 aromatic carbocycles. The van der Waals surface area contributed by atoms with Crippen LogP contribution in [-0.2, 0) is 9.47 Å². The fourth-order valence-electron chi connectivity index (χ4n) is 1.75. The normalized spacial score (nSPS) is 10.9. The first-order valence-corrected chi connectivity index (χ1v) is 8.40. The second-order valence-corrected chi connectivity index (χ2v) is 6.98. The summed E-state index contributed by atoms with van der Waals surface area (Å²) in [4.78, 5) is 27.9. The van der Waals surface area contributed by atoms with E-state index in [-0.39, 0.29) is 0 Å². The van der Waals surface area contributed by atoms with Gasteiger partial charge in [0.2, 0.25) is 0 Å². The molecule has 8 heteroatoms. The molecule has 134 valence electrons. The summed E-state index contributed by atoms with van der Waals surface area (Å²) in [6, 6.07) is 1.61. The van der Waals surface area contributed by atoms with Gasteiger partial charge in [-0.15, -0.1) is 11.8 Å². The van der Waals surface area contributed by atoms with Crippen molar-refractivity contribution in [1.29, 1.82) is 0 Å². The first-order valence-electron chi connectivity index (χ1n) is 7.41. The monoisotopic (exact) mass is 356 g/mol. The van der Waals surface area contributed by atoms with Crippen molar-refractivity contribution in [3.63, 3.8) is 0 Å². The standard InChI is InChI=1S/C16H24N2O5S/c1-10-12(21-5)9-11(14(19)22-6)13(18-10)24-8-7-17-15(20)23-16(2,3)4/h9H,7-8H2,1-6H3,(H,17,20). The zero-order valence-corrected chi connectivity index (χ0v) is 15.7. The van der Waals surface area contributed by atoms with Crippen molar-refractivity contribution in [2.24, 2.45) is 0 Å². The van der Waals surface area contributed by atoms with Gasteiger partial charge in [-0.25, -0.2) is 14.6 Å². The van der Waals surface area contributed by atoms with E-state index in [2.05, 4.69) is 10.3 Å². The van der Waals surface area contributed by atoms with Gasteiger partial charge < -0.3 is 19.5 Å². The Morgan fingerprint density at radius 2 is 1.96 bits per heavy atom. The predicted molar refractivity (Wildman–Crippen MR) is 91.8 cm³/mol. The van der Waals surface area contributed by atoms with Crippen molar-refractivity contribution in [3.8, 4) is 5.75 Å². The summed E-state index contributed by atoms with van der Waals surface area (Å²) in [5.74, 6) is 0.567. The van der Waals surface area contributed by atoms with Crippen LogP contribution in [0.25, 0.3) is 0 Å². The lowest BCUT2D eigenvalue weighted by molar-refractivity contribution is 0.0529. The molecule has 0 radical (unpaired) electrons. The van der Waals surface area contributed by atoms with Crippen molar-refractivity contribution in [2.75, 3.05) is 26.5 Å². The highest BCUT2D eigenvalue weighted by atomic mass is 32.2. The number of esters is 1. The minimum atomic E-state index is -0.538. The maximum absolute atomic E-state index is 11.9. The van der Waals surface area contributed by atoms with Crippen molar-refractivity contribution in [1.82, 2.24) is 10.3 Å². The fraction of sp³-hybridized carbons (Fsp3) is 0.562. The van der Waals surface area contributed by atoms with Crippen molar-refractivity contribution in [2.45, 2.75) is 38.3 Å². The average Bonchev–Trinajstić information content (AvgIpc) is 2.49. The Kier molecular flexibility index (Phi) is 7.34. The van der Waals surface area contributed by atoms with Gasteiger partial charge in [-0.2, -0.15) is 0 Å². The number of carbonyl (C=O) groups is 2. The number of hydrogen-bond acceptors (Lipinski definition) is 7. The molecule has 0 fully saturated rings. The zero-order chi connectivity index (χ0) is 18.3. The van der Waals surface area contributed by atoms with Gasteiger partial charge in [0.25, 0.3) is 0 Å². The summed E-state index contributed by atoms with van der Waals surface area (Å²) in [6.07, 6.45) is -0.477. The molecule has 1 aromatic rings. The van der Waals surface area contributed by atoms with Crippen LogP contribution in [0.4, 0.5) is 4.79 Å². The van der Waals surface area contributed by atoms with Crippen LogP contribution in [0.1, 0.15) is 36.8 Å². The lowest BCUT2D eigenvalue weighted by atomic mass is 10.2. The van der Waals surface area contributed by atoms with Gasteiger partial charge in [0.15, 0.2) is 0 Å². The van der Waals surface area contributed by atoms with Crippen LogP contribution in [0.3, 0.4) is 0 Å². The van der Waals surface area contributed by atoms with Crippen molar-refractivity contribution < 1.29 is 23.8 Å². The largest absolute Gasteiger partial charge is 0.495 e. The molecule has 0 saturated heterocycles. The van der Waals surface area contributed by atoms with E-state index in [1.807, 2.05) is 0 Å². The SMILES string of the molecule is COC(=O)c1cc(OC)c(C)nc1SCCNC(=O)OC(C)(C)C. The number of thioether (sulfide) groups is 1. The van der Waals surface area contributed by atoms with Crippen LogP contribution in [0.2, 0.25) is 0 Å². The molecule has 1 heterocycles. The lowest BCUT2D eigenvalue weighted by Crippen LogP contribution is -2.33. The quantitative estimate of drug-likeness (QED) is 0.476. The summed E-state index contributed by atoms with van der Waals surface area (Å²) >= 11 is 1.35. The molecule has 0 aliphatic carbocycles. The van der Waals surface area contributed by atoms with E-state index in [0.717, 1.165) is 0 Å². The second-order valence-electron chi connectivity index (χ2n) is 5.90. The molecule has 0 saturated carbocycles.